The Morgan fingerprint density at radius 1 is 0.960 bits per heavy atom. The summed E-state index contributed by atoms with van der Waals surface area (Å²) < 4.78 is -0.442. The first kappa shape index (κ1) is 18.2. The van der Waals surface area contributed by atoms with Crippen molar-refractivity contribution < 1.29 is 4.79 Å². The van der Waals surface area contributed by atoms with Crippen LogP contribution in [0.5, 0.6) is 0 Å². The molecule has 2 aromatic rings. The fourth-order valence-corrected chi connectivity index (χ4v) is 4.39. The third-order valence-corrected chi connectivity index (χ3v) is 6.01. The topological polar surface area (TPSA) is 23.6 Å². The molecule has 0 saturated carbocycles. The van der Waals surface area contributed by atoms with Gasteiger partial charge in [0.15, 0.2) is 4.90 Å². The minimum atomic E-state index is -0.442. The molecule has 2 aromatic carbocycles. The summed E-state index contributed by atoms with van der Waals surface area (Å²) in [6.45, 7) is 7.35. The normalized spacial score (nSPS) is 15.3. The molecule has 132 valence electrons. The number of anilines is 1. The molecule has 0 spiro atoms. The smallest absolute Gasteiger partial charge is 0.278 e. The second kappa shape index (κ2) is 7.71. The summed E-state index contributed by atoms with van der Waals surface area (Å²) in [5.74, 6) is 0.219. The summed E-state index contributed by atoms with van der Waals surface area (Å²) in [5, 5.41) is 0.722. The average Bonchev–Trinajstić information content (AvgIpc) is 2.64. The molecule has 0 N–H and O–H groups in total. The lowest BCUT2D eigenvalue weighted by molar-refractivity contribution is -0.133. The van der Waals surface area contributed by atoms with Gasteiger partial charge in [-0.05, 0) is 50.2 Å². The molecule has 0 bridgehead atoms. The highest BCUT2D eigenvalue weighted by Crippen LogP contribution is 2.23. The minimum absolute atomic E-state index is 0.219. The van der Waals surface area contributed by atoms with Crippen molar-refractivity contribution in [2.75, 3.05) is 31.1 Å². The lowest BCUT2D eigenvalue weighted by Gasteiger charge is -2.37. The molecule has 0 unspecified atom stereocenters. The second-order valence-corrected chi connectivity index (χ2v) is 9.06. The molecule has 3 nitrogen and oxygen atoms in total. The number of nitrogens with zero attached hydrogens (tertiary/aromatic N) is 2. The van der Waals surface area contributed by atoms with Gasteiger partial charge in [0.05, 0.1) is 0 Å². The molecule has 1 amide bonds. The standard InChI is InChI=1S/C20H23ClN2OS/c1-20(2,25-18-10-8-16(21)9-11-18)19(24)23-14-12-22(13-15-23)17-6-4-3-5-7-17/h3-11H,12-15H2,1-2H3/p+1. The number of halogens is 1. The lowest BCUT2D eigenvalue weighted by Crippen LogP contribution is -2.54. The number of benzene rings is 2. The monoisotopic (exact) mass is 375 g/mol. The van der Waals surface area contributed by atoms with E-state index in [-0.39, 0.29) is 5.91 Å². The van der Waals surface area contributed by atoms with E-state index in [1.807, 2.05) is 49.1 Å². The zero-order valence-corrected chi connectivity index (χ0v) is 16.3. The number of para-hydroxylation sites is 1. The molecule has 3 rings (SSSR count). The van der Waals surface area contributed by atoms with Gasteiger partial charge in [-0.2, -0.15) is 0 Å². The average molecular weight is 376 g/mol. The van der Waals surface area contributed by atoms with Crippen LogP contribution < -0.4 is 4.90 Å². The van der Waals surface area contributed by atoms with Gasteiger partial charge in [-0.1, -0.05) is 29.8 Å². The third-order valence-electron chi connectivity index (χ3n) is 4.45. The van der Waals surface area contributed by atoms with Crippen LogP contribution in [0.4, 0.5) is 5.69 Å². The highest BCUT2D eigenvalue weighted by Gasteiger charge is 2.40. The van der Waals surface area contributed by atoms with Crippen LogP contribution in [-0.2, 0) is 16.6 Å². The Balaban J connectivity index is 1.60. The van der Waals surface area contributed by atoms with Crippen molar-refractivity contribution in [3.8, 4) is 0 Å². The van der Waals surface area contributed by atoms with Gasteiger partial charge in [0, 0.05) is 48.7 Å². The number of amides is 1. The van der Waals surface area contributed by atoms with Crippen LogP contribution in [-0.4, -0.2) is 41.7 Å². The van der Waals surface area contributed by atoms with Crippen LogP contribution >= 0.6 is 11.6 Å². The van der Waals surface area contributed by atoms with Gasteiger partial charge in [-0.15, -0.1) is 0 Å². The molecule has 1 aliphatic rings. The maximum Gasteiger partial charge on any atom is 0.278 e. The number of rotatable bonds is 4. The van der Waals surface area contributed by atoms with E-state index in [9.17, 15) is 4.79 Å². The first-order valence-corrected chi connectivity index (χ1v) is 9.81. The van der Waals surface area contributed by atoms with E-state index >= 15 is 0 Å². The van der Waals surface area contributed by atoms with Gasteiger partial charge in [-0.3, -0.25) is 4.79 Å². The predicted molar refractivity (Wildman–Crippen MR) is 108 cm³/mol. The molecule has 1 heterocycles. The zero-order chi connectivity index (χ0) is 17.9. The highest BCUT2D eigenvalue weighted by molar-refractivity contribution is 7.81. The third kappa shape index (κ3) is 4.50. The molecule has 1 saturated heterocycles. The van der Waals surface area contributed by atoms with Gasteiger partial charge in [-0.25, -0.2) is 0 Å². The number of hydrogen-bond acceptors (Lipinski definition) is 2. The van der Waals surface area contributed by atoms with Crippen molar-refractivity contribution in [3.63, 3.8) is 0 Å². The van der Waals surface area contributed by atoms with Crippen LogP contribution in [0.3, 0.4) is 0 Å². The fourth-order valence-electron chi connectivity index (χ4n) is 3.08. The van der Waals surface area contributed by atoms with Gasteiger partial charge in [0.25, 0.3) is 5.91 Å². The van der Waals surface area contributed by atoms with Crippen LogP contribution in [0.2, 0.25) is 5.02 Å². The maximum atomic E-state index is 13.0. The Kier molecular flexibility index (Phi) is 5.60. The molecule has 1 fully saturated rings. The van der Waals surface area contributed by atoms with Crippen molar-refractivity contribution in [3.05, 3.63) is 59.6 Å². The SMILES string of the molecule is CC(C)([SH+]c1ccc(Cl)cc1)C(=O)N1CCN(c2ccccc2)CC1. The van der Waals surface area contributed by atoms with Crippen molar-refractivity contribution in [2.24, 2.45) is 0 Å². The van der Waals surface area contributed by atoms with E-state index in [1.165, 1.54) is 5.69 Å². The number of piperazine rings is 1. The molecule has 25 heavy (non-hydrogen) atoms. The molecule has 1 aliphatic heterocycles. The molecule has 0 aromatic heterocycles. The Bertz CT molecular complexity index is 710. The number of hydrogen-bond donors (Lipinski definition) is 0. The van der Waals surface area contributed by atoms with Crippen LogP contribution in [0.25, 0.3) is 0 Å². The molecule has 0 aliphatic carbocycles. The molecule has 0 radical (unpaired) electrons. The number of thiol groups is 1. The highest BCUT2D eigenvalue weighted by atomic mass is 35.5. The molecule has 5 heteroatoms. The van der Waals surface area contributed by atoms with Gasteiger partial charge in [0.1, 0.15) is 0 Å². The van der Waals surface area contributed by atoms with Crippen molar-refractivity contribution in [1.82, 2.24) is 4.90 Å². The summed E-state index contributed by atoms with van der Waals surface area (Å²) in [7, 11) is 0. The van der Waals surface area contributed by atoms with Crippen molar-refractivity contribution in [1.29, 1.82) is 0 Å². The Morgan fingerprint density at radius 3 is 2.16 bits per heavy atom. The largest absolute Gasteiger partial charge is 0.368 e. The summed E-state index contributed by atoms with van der Waals surface area (Å²) in [6.07, 6.45) is 0. The van der Waals surface area contributed by atoms with E-state index in [4.69, 9.17) is 11.6 Å². The molecular weight excluding hydrogens is 352 g/mol. The van der Waals surface area contributed by atoms with E-state index in [2.05, 4.69) is 29.2 Å². The Morgan fingerprint density at radius 2 is 1.56 bits per heavy atom. The van der Waals surface area contributed by atoms with E-state index in [1.54, 1.807) is 0 Å². The number of carbonyl (C=O) groups excluding carboxylic acids is 1. The van der Waals surface area contributed by atoms with E-state index < -0.39 is 4.75 Å². The quantitative estimate of drug-likeness (QED) is 0.601. The van der Waals surface area contributed by atoms with Crippen molar-refractivity contribution in [2.45, 2.75) is 23.5 Å². The van der Waals surface area contributed by atoms with Crippen molar-refractivity contribution >= 4 is 35.0 Å². The second-order valence-electron chi connectivity index (χ2n) is 6.76. The van der Waals surface area contributed by atoms with E-state index in [0.29, 0.717) is 0 Å². The lowest BCUT2D eigenvalue weighted by atomic mass is 10.1. The predicted octanol–water partition coefficient (Wildman–Crippen LogP) is 3.64. The maximum absolute atomic E-state index is 13.0. The number of carbonyl (C=O) groups is 1. The van der Waals surface area contributed by atoms with E-state index in [0.717, 1.165) is 47.9 Å². The Hall–Kier alpha value is -1.65. The zero-order valence-electron chi connectivity index (χ0n) is 14.7. The van der Waals surface area contributed by atoms with Crippen LogP contribution in [0.15, 0.2) is 59.5 Å². The first-order chi connectivity index (χ1) is 12.0. The molecular formula is C20H24ClN2OS+. The van der Waals surface area contributed by atoms with Crippen LogP contribution in [0.1, 0.15) is 13.8 Å². The molecule has 0 atom stereocenters. The first-order valence-electron chi connectivity index (χ1n) is 8.53. The summed E-state index contributed by atoms with van der Waals surface area (Å²) in [5.41, 5.74) is 1.23. The van der Waals surface area contributed by atoms with Gasteiger partial charge in [0.2, 0.25) is 4.75 Å². The van der Waals surface area contributed by atoms with Gasteiger partial charge < -0.3 is 9.80 Å². The van der Waals surface area contributed by atoms with Gasteiger partial charge >= 0.3 is 0 Å². The summed E-state index contributed by atoms with van der Waals surface area (Å²) in [6, 6.07) is 18.1. The summed E-state index contributed by atoms with van der Waals surface area (Å²) >= 11 is 6.96. The fraction of sp³-hybridized carbons (Fsp3) is 0.350. The van der Waals surface area contributed by atoms with Crippen LogP contribution in [0, 0.1) is 0 Å². The summed E-state index contributed by atoms with van der Waals surface area (Å²) in [4.78, 5) is 18.5. The minimum Gasteiger partial charge on any atom is -0.368 e. The Labute approximate surface area is 159 Å².